The van der Waals surface area contributed by atoms with Crippen LogP contribution >= 0.6 is 23.4 Å². The molecule has 1 atom stereocenters. The maximum absolute atomic E-state index is 11.2. The lowest BCUT2D eigenvalue weighted by molar-refractivity contribution is 0.241. The third kappa shape index (κ3) is 8.21. The van der Waals surface area contributed by atoms with Crippen molar-refractivity contribution in [2.45, 2.75) is 17.7 Å². The van der Waals surface area contributed by atoms with Crippen molar-refractivity contribution in [1.82, 2.24) is 4.90 Å². The SMILES string of the molecule is CS(=O)(=O)CCSc1ccc(OCC2CCN(CCc3cccc(Cl)c3)C2)cc1. The second-order valence-corrected chi connectivity index (χ2v) is 11.5. The molecular weight excluding hydrogens is 426 g/mol. The van der Waals surface area contributed by atoms with Crippen molar-refractivity contribution in [3.05, 3.63) is 59.1 Å². The zero-order chi connectivity index (χ0) is 20.7. The lowest BCUT2D eigenvalue weighted by atomic mass is 10.1. The molecule has 0 spiro atoms. The molecule has 1 fully saturated rings. The second-order valence-electron chi connectivity index (χ2n) is 7.60. The van der Waals surface area contributed by atoms with Gasteiger partial charge in [-0.25, -0.2) is 8.42 Å². The Bertz CT molecular complexity index is 887. The van der Waals surface area contributed by atoms with Gasteiger partial charge >= 0.3 is 0 Å². The van der Waals surface area contributed by atoms with E-state index in [2.05, 4.69) is 11.0 Å². The van der Waals surface area contributed by atoms with Gasteiger partial charge < -0.3 is 9.64 Å². The Morgan fingerprint density at radius 2 is 2.00 bits per heavy atom. The van der Waals surface area contributed by atoms with Crippen LogP contribution < -0.4 is 4.74 Å². The zero-order valence-corrected chi connectivity index (χ0v) is 19.1. The Morgan fingerprint density at radius 3 is 2.72 bits per heavy atom. The summed E-state index contributed by atoms with van der Waals surface area (Å²) >= 11 is 7.61. The molecule has 1 aliphatic rings. The van der Waals surface area contributed by atoms with E-state index in [0.29, 0.717) is 11.7 Å². The fourth-order valence-electron chi connectivity index (χ4n) is 3.39. The lowest BCUT2D eigenvalue weighted by Crippen LogP contribution is -2.24. The summed E-state index contributed by atoms with van der Waals surface area (Å²) in [6, 6.07) is 16.0. The van der Waals surface area contributed by atoms with Gasteiger partial charge in [0.25, 0.3) is 0 Å². The van der Waals surface area contributed by atoms with Gasteiger partial charge in [0.05, 0.1) is 12.4 Å². The maximum Gasteiger partial charge on any atom is 0.148 e. The lowest BCUT2D eigenvalue weighted by Gasteiger charge is -2.16. The van der Waals surface area contributed by atoms with Gasteiger partial charge in [-0.15, -0.1) is 11.8 Å². The molecule has 1 aliphatic heterocycles. The van der Waals surface area contributed by atoms with Crippen LogP contribution in [0, 0.1) is 5.92 Å². The minimum atomic E-state index is -2.90. The number of halogens is 1. The van der Waals surface area contributed by atoms with E-state index in [9.17, 15) is 8.42 Å². The molecule has 0 N–H and O–H groups in total. The van der Waals surface area contributed by atoms with Gasteiger partial charge in [0.2, 0.25) is 0 Å². The van der Waals surface area contributed by atoms with E-state index in [1.54, 1.807) is 11.8 Å². The number of benzene rings is 2. The average Bonchev–Trinajstić information content (AvgIpc) is 3.13. The third-order valence-electron chi connectivity index (χ3n) is 5.01. The number of hydrogen-bond donors (Lipinski definition) is 0. The van der Waals surface area contributed by atoms with E-state index in [0.717, 1.165) is 54.8 Å². The van der Waals surface area contributed by atoms with Crippen LogP contribution in [0.25, 0.3) is 0 Å². The summed E-state index contributed by atoms with van der Waals surface area (Å²) in [5.41, 5.74) is 1.28. The van der Waals surface area contributed by atoms with Crippen molar-refractivity contribution in [3.8, 4) is 5.75 Å². The first-order chi connectivity index (χ1) is 13.9. The highest BCUT2D eigenvalue weighted by Gasteiger charge is 2.22. The molecule has 0 aromatic heterocycles. The molecule has 158 valence electrons. The molecule has 0 radical (unpaired) electrons. The highest BCUT2D eigenvalue weighted by atomic mass is 35.5. The van der Waals surface area contributed by atoms with Gasteiger partial charge in [-0.3, -0.25) is 0 Å². The van der Waals surface area contributed by atoms with E-state index < -0.39 is 9.84 Å². The van der Waals surface area contributed by atoms with Crippen molar-refractivity contribution in [3.63, 3.8) is 0 Å². The fraction of sp³-hybridized carbons (Fsp3) is 0.455. The van der Waals surface area contributed by atoms with Crippen LogP contribution in [-0.4, -0.2) is 57.3 Å². The van der Waals surface area contributed by atoms with E-state index in [1.165, 1.54) is 11.8 Å². The Hall–Kier alpha value is -1.21. The van der Waals surface area contributed by atoms with Crippen molar-refractivity contribution in [1.29, 1.82) is 0 Å². The van der Waals surface area contributed by atoms with E-state index in [1.807, 2.05) is 42.5 Å². The first-order valence-electron chi connectivity index (χ1n) is 9.87. The smallest absolute Gasteiger partial charge is 0.148 e. The highest BCUT2D eigenvalue weighted by molar-refractivity contribution is 8.00. The molecule has 29 heavy (non-hydrogen) atoms. The van der Waals surface area contributed by atoms with Crippen LogP contribution in [0.3, 0.4) is 0 Å². The van der Waals surface area contributed by atoms with Crippen LogP contribution in [0.4, 0.5) is 0 Å². The van der Waals surface area contributed by atoms with Crippen LogP contribution in [0.1, 0.15) is 12.0 Å². The summed E-state index contributed by atoms with van der Waals surface area (Å²) in [4.78, 5) is 3.56. The standard InChI is InChI=1S/C22H28ClNO3S2/c1-29(25,26)14-13-28-22-7-5-21(6-8-22)27-17-19-10-12-24(16-19)11-9-18-3-2-4-20(23)15-18/h2-8,15,19H,9-14,16-17H2,1H3. The predicted octanol–water partition coefficient (Wildman–Crippen LogP) is 4.42. The van der Waals surface area contributed by atoms with Gasteiger partial charge in [0.15, 0.2) is 0 Å². The molecule has 1 unspecified atom stereocenters. The fourth-order valence-corrected chi connectivity index (χ4v) is 5.71. The number of thioether (sulfide) groups is 1. The molecule has 7 heteroatoms. The Kier molecular flexibility index (Phi) is 8.30. The largest absolute Gasteiger partial charge is 0.493 e. The van der Waals surface area contributed by atoms with Crippen molar-refractivity contribution in [2.24, 2.45) is 5.92 Å². The van der Waals surface area contributed by atoms with Gasteiger partial charge in [0, 0.05) is 40.9 Å². The molecule has 1 saturated heterocycles. The Labute approximate surface area is 183 Å². The first kappa shape index (κ1) is 22.5. The van der Waals surface area contributed by atoms with Crippen molar-refractivity contribution < 1.29 is 13.2 Å². The second kappa shape index (κ2) is 10.7. The van der Waals surface area contributed by atoms with Gasteiger partial charge in [-0.2, -0.15) is 0 Å². The minimum Gasteiger partial charge on any atom is -0.493 e. The zero-order valence-electron chi connectivity index (χ0n) is 16.7. The molecule has 4 nitrogen and oxygen atoms in total. The number of rotatable bonds is 10. The normalized spacial score (nSPS) is 17.5. The molecule has 0 bridgehead atoms. The van der Waals surface area contributed by atoms with Crippen LogP contribution in [0.2, 0.25) is 5.02 Å². The molecular formula is C22H28ClNO3S2. The number of likely N-dealkylation sites (tertiary alicyclic amines) is 1. The summed E-state index contributed by atoms with van der Waals surface area (Å²) in [6.45, 7) is 3.97. The minimum absolute atomic E-state index is 0.200. The number of sulfone groups is 1. The van der Waals surface area contributed by atoms with Crippen LogP contribution in [0.5, 0.6) is 5.75 Å². The topological polar surface area (TPSA) is 46.6 Å². The molecule has 0 aliphatic carbocycles. The summed E-state index contributed by atoms with van der Waals surface area (Å²) in [5.74, 6) is 2.20. The van der Waals surface area contributed by atoms with Crippen LogP contribution in [-0.2, 0) is 16.3 Å². The molecule has 0 saturated carbocycles. The number of hydrogen-bond acceptors (Lipinski definition) is 5. The summed E-state index contributed by atoms with van der Waals surface area (Å²) in [6.07, 6.45) is 3.45. The average molecular weight is 454 g/mol. The molecule has 0 amide bonds. The summed E-state index contributed by atoms with van der Waals surface area (Å²) < 4.78 is 28.4. The quantitative estimate of drug-likeness (QED) is 0.498. The molecule has 2 aromatic carbocycles. The van der Waals surface area contributed by atoms with Gasteiger partial charge in [0.1, 0.15) is 15.6 Å². The molecule has 2 aromatic rings. The van der Waals surface area contributed by atoms with Crippen LogP contribution in [0.15, 0.2) is 53.4 Å². The van der Waals surface area contributed by atoms with E-state index in [-0.39, 0.29) is 5.75 Å². The van der Waals surface area contributed by atoms with Gasteiger partial charge in [-0.1, -0.05) is 23.7 Å². The van der Waals surface area contributed by atoms with Gasteiger partial charge in [-0.05, 0) is 61.3 Å². The first-order valence-corrected chi connectivity index (χ1v) is 13.3. The summed E-state index contributed by atoms with van der Waals surface area (Å²) in [5, 5.41) is 0.801. The Balaban J connectivity index is 1.36. The Morgan fingerprint density at radius 1 is 1.21 bits per heavy atom. The molecule has 1 heterocycles. The molecule has 3 rings (SSSR count). The number of ether oxygens (including phenoxy) is 1. The van der Waals surface area contributed by atoms with E-state index in [4.69, 9.17) is 16.3 Å². The van der Waals surface area contributed by atoms with Crippen molar-refractivity contribution >= 4 is 33.2 Å². The maximum atomic E-state index is 11.2. The highest BCUT2D eigenvalue weighted by Crippen LogP contribution is 2.23. The van der Waals surface area contributed by atoms with Crippen molar-refractivity contribution in [2.75, 3.05) is 44.0 Å². The summed E-state index contributed by atoms with van der Waals surface area (Å²) in [7, 11) is -2.90. The van der Waals surface area contributed by atoms with E-state index >= 15 is 0 Å². The third-order valence-corrected chi connectivity index (χ3v) is 7.46. The monoisotopic (exact) mass is 453 g/mol. The predicted molar refractivity (Wildman–Crippen MR) is 122 cm³/mol. The number of nitrogens with zero attached hydrogens (tertiary/aromatic N) is 1.